The Labute approximate surface area is 152 Å². The largest absolute Gasteiger partial charge is 0.358 e. The van der Waals surface area contributed by atoms with Gasteiger partial charge in [-0.05, 0) is 61.1 Å². The number of carbonyl (C=O) groups is 1. The maximum atomic E-state index is 12.4. The number of benzene rings is 2. The summed E-state index contributed by atoms with van der Waals surface area (Å²) in [5.41, 5.74) is 5.81. The molecule has 3 aromatic rings. The van der Waals surface area contributed by atoms with E-state index in [9.17, 15) is 4.79 Å². The zero-order valence-electron chi connectivity index (χ0n) is 14.4. The topological polar surface area (TPSA) is 44.9 Å². The predicted molar refractivity (Wildman–Crippen MR) is 102 cm³/mol. The van der Waals surface area contributed by atoms with Gasteiger partial charge < -0.3 is 10.3 Å². The first-order chi connectivity index (χ1) is 12.0. The van der Waals surface area contributed by atoms with Crippen LogP contribution in [0.1, 0.15) is 34.7 Å². The maximum Gasteiger partial charge on any atom is 0.224 e. The average molecular weight is 353 g/mol. The monoisotopic (exact) mass is 352 g/mol. The normalized spacial score (nSPS) is 19.2. The van der Waals surface area contributed by atoms with Gasteiger partial charge in [0.05, 0.1) is 0 Å². The molecule has 25 heavy (non-hydrogen) atoms. The second-order valence-electron chi connectivity index (χ2n) is 6.94. The van der Waals surface area contributed by atoms with Gasteiger partial charge in [-0.25, -0.2) is 0 Å². The van der Waals surface area contributed by atoms with Gasteiger partial charge in [-0.15, -0.1) is 0 Å². The molecule has 2 aromatic carbocycles. The van der Waals surface area contributed by atoms with Crippen molar-refractivity contribution in [3.63, 3.8) is 0 Å². The van der Waals surface area contributed by atoms with Crippen molar-refractivity contribution in [3.8, 4) is 0 Å². The van der Waals surface area contributed by atoms with Crippen molar-refractivity contribution in [2.75, 3.05) is 0 Å². The predicted octanol–water partition coefficient (Wildman–Crippen LogP) is 4.86. The van der Waals surface area contributed by atoms with Gasteiger partial charge in [-0.2, -0.15) is 0 Å². The molecular weight excluding hydrogens is 332 g/mol. The van der Waals surface area contributed by atoms with Crippen LogP contribution >= 0.6 is 11.6 Å². The third-order valence-electron chi connectivity index (χ3n) is 5.27. The zero-order chi connectivity index (χ0) is 17.6. The SMILES string of the molecule is Cc1[nH]c2ccc(CNC(=O)C3CC3c3ccccc3Cl)cc2c1C. The molecule has 0 spiro atoms. The summed E-state index contributed by atoms with van der Waals surface area (Å²) in [6.07, 6.45) is 0.880. The first-order valence-electron chi connectivity index (χ1n) is 8.64. The third kappa shape index (κ3) is 3.05. The minimum atomic E-state index is 0.0415. The van der Waals surface area contributed by atoms with Gasteiger partial charge in [0.25, 0.3) is 0 Å². The molecule has 0 aliphatic heterocycles. The lowest BCUT2D eigenvalue weighted by Gasteiger charge is -2.07. The molecule has 0 saturated heterocycles. The molecule has 1 aromatic heterocycles. The van der Waals surface area contributed by atoms with E-state index in [1.165, 1.54) is 16.6 Å². The van der Waals surface area contributed by atoms with E-state index in [1.54, 1.807) is 0 Å². The molecular formula is C21H21ClN2O. The number of hydrogen-bond acceptors (Lipinski definition) is 1. The molecule has 1 saturated carbocycles. The van der Waals surface area contributed by atoms with Crippen LogP contribution in [0.5, 0.6) is 0 Å². The summed E-state index contributed by atoms with van der Waals surface area (Å²) in [7, 11) is 0. The molecule has 1 fully saturated rings. The Morgan fingerprint density at radius 3 is 2.84 bits per heavy atom. The van der Waals surface area contributed by atoms with Crippen molar-refractivity contribution in [2.45, 2.75) is 32.7 Å². The van der Waals surface area contributed by atoms with Gasteiger partial charge in [0, 0.05) is 34.1 Å². The van der Waals surface area contributed by atoms with Crippen LogP contribution in [0.15, 0.2) is 42.5 Å². The fourth-order valence-electron chi connectivity index (χ4n) is 3.54. The summed E-state index contributed by atoms with van der Waals surface area (Å²) in [5, 5.41) is 5.06. The molecule has 2 atom stereocenters. The Kier molecular flexibility index (Phi) is 4.04. The van der Waals surface area contributed by atoms with E-state index < -0.39 is 0 Å². The highest BCUT2D eigenvalue weighted by Crippen LogP contribution is 2.49. The second kappa shape index (κ2) is 6.23. The lowest BCUT2D eigenvalue weighted by atomic mass is 10.1. The van der Waals surface area contributed by atoms with E-state index in [2.05, 4.69) is 42.3 Å². The summed E-state index contributed by atoms with van der Waals surface area (Å²) < 4.78 is 0. The van der Waals surface area contributed by atoms with Crippen molar-refractivity contribution >= 4 is 28.4 Å². The number of H-pyrrole nitrogens is 1. The number of halogens is 1. The molecule has 4 heteroatoms. The smallest absolute Gasteiger partial charge is 0.224 e. The molecule has 1 aliphatic carbocycles. The fourth-order valence-corrected chi connectivity index (χ4v) is 3.82. The molecule has 2 N–H and O–H groups in total. The Hall–Kier alpha value is -2.26. The van der Waals surface area contributed by atoms with Crippen LogP contribution < -0.4 is 5.32 Å². The summed E-state index contributed by atoms with van der Waals surface area (Å²) in [6.45, 7) is 4.76. The number of aryl methyl sites for hydroxylation is 2. The molecule has 1 amide bonds. The molecule has 1 heterocycles. The van der Waals surface area contributed by atoms with Crippen LogP contribution in [0.25, 0.3) is 10.9 Å². The summed E-state index contributed by atoms with van der Waals surface area (Å²) >= 11 is 6.24. The second-order valence-corrected chi connectivity index (χ2v) is 7.35. The van der Waals surface area contributed by atoms with Crippen LogP contribution in [0.2, 0.25) is 5.02 Å². The van der Waals surface area contributed by atoms with E-state index in [1.807, 2.05) is 24.3 Å². The van der Waals surface area contributed by atoms with Crippen molar-refractivity contribution in [1.29, 1.82) is 0 Å². The number of rotatable bonds is 4. The fraction of sp³-hybridized carbons (Fsp3) is 0.286. The first-order valence-corrected chi connectivity index (χ1v) is 9.02. The number of nitrogens with one attached hydrogen (secondary N) is 2. The quantitative estimate of drug-likeness (QED) is 0.692. The van der Waals surface area contributed by atoms with Gasteiger partial charge in [-0.3, -0.25) is 4.79 Å². The van der Waals surface area contributed by atoms with E-state index >= 15 is 0 Å². The van der Waals surface area contributed by atoms with Gasteiger partial charge in [0.1, 0.15) is 0 Å². The van der Waals surface area contributed by atoms with Crippen molar-refractivity contribution in [3.05, 3.63) is 69.9 Å². The highest BCUT2D eigenvalue weighted by atomic mass is 35.5. The molecule has 2 unspecified atom stereocenters. The summed E-state index contributed by atoms with van der Waals surface area (Å²) in [6, 6.07) is 14.1. The van der Waals surface area contributed by atoms with Crippen LogP contribution in [0, 0.1) is 19.8 Å². The van der Waals surface area contributed by atoms with Gasteiger partial charge in [-0.1, -0.05) is 35.9 Å². The first kappa shape index (κ1) is 16.2. The van der Waals surface area contributed by atoms with Crippen molar-refractivity contribution in [2.24, 2.45) is 5.92 Å². The van der Waals surface area contributed by atoms with Gasteiger partial charge in [0.2, 0.25) is 5.91 Å². The number of aromatic nitrogens is 1. The highest BCUT2D eigenvalue weighted by molar-refractivity contribution is 6.31. The lowest BCUT2D eigenvalue weighted by Crippen LogP contribution is -2.24. The number of aromatic amines is 1. The number of hydrogen-bond donors (Lipinski definition) is 2. The van der Waals surface area contributed by atoms with Crippen LogP contribution in [-0.4, -0.2) is 10.9 Å². The maximum absolute atomic E-state index is 12.4. The Bertz CT molecular complexity index is 960. The van der Waals surface area contributed by atoms with E-state index in [0.29, 0.717) is 6.54 Å². The van der Waals surface area contributed by atoms with Crippen LogP contribution in [-0.2, 0) is 11.3 Å². The molecule has 128 valence electrons. The van der Waals surface area contributed by atoms with Gasteiger partial charge in [0.15, 0.2) is 0 Å². The summed E-state index contributed by atoms with van der Waals surface area (Å²) in [4.78, 5) is 15.8. The standard InChI is InChI=1S/C21H21ClN2O/c1-12-13(2)24-20-8-7-14(9-16(12)20)11-23-21(25)18-10-17(18)15-5-3-4-6-19(15)22/h3-9,17-18,24H,10-11H2,1-2H3,(H,23,25). The minimum Gasteiger partial charge on any atom is -0.358 e. The molecule has 1 aliphatic rings. The molecule has 3 nitrogen and oxygen atoms in total. The molecule has 0 radical (unpaired) electrons. The summed E-state index contributed by atoms with van der Waals surface area (Å²) in [5.74, 6) is 0.414. The van der Waals surface area contributed by atoms with Crippen molar-refractivity contribution in [1.82, 2.24) is 10.3 Å². The Morgan fingerprint density at radius 2 is 2.04 bits per heavy atom. The molecule has 0 bridgehead atoms. The Morgan fingerprint density at radius 1 is 1.24 bits per heavy atom. The number of fused-ring (bicyclic) bond motifs is 1. The van der Waals surface area contributed by atoms with Crippen LogP contribution in [0.4, 0.5) is 0 Å². The number of amides is 1. The van der Waals surface area contributed by atoms with Gasteiger partial charge >= 0.3 is 0 Å². The lowest BCUT2D eigenvalue weighted by molar-refractivity contribution is -0.122. The highest BCUT2D eigenvalue weighted by Gasteiger charge is 2.44. The average Bonchev–Trinajstić information content (AvgIpc) is 3.35. The number of carbonyl (C=O) groups excluding carboxylic acids is 1. The van der Waals surface area contributed by atoms with E-state index in [4.69, 9.17) is 11.6 Å². The van der Waals surface area contributed by atoms with E-state index in [0.717, 1.165) is 28.1 Å². The third-order valence-corrected chi connectivity index (χ3v) is 5.62. The minimum absolute atomic E-state index is 0.0415. The zero-order valence-corrected chi connectivity index (χ0v) is 15.2. The molecule has 4 rings (SSSR count). The van der Waals surface area contributed by atoms with Crippen molar-refractivity contribution < 1.29 is 4.79 Å². The van der Waals surface area contributed by atoms with E-state index in [-0.39, 0.29) is 17.7 Å². The Balaban J connectivity index is 1.41. The van der Waals surface area contributed by atoms with Crippen LogP contribution in [0.3, 0.4) is 0 Å².